The maximum absolute atomic E-state index is 13.7. The number of rotatable bonds is 5. The normalized spacial score (nSPS) is 10.7. The second-order valence-corrected chi connectivity index (χ2v) is 6.15. The molecule has 1 heterocycles. The smallest absolute Gasteiger partial charge is 0.278 e. The van der Waals surface area contributed by atoms with Crippen molar-refractivity contribution in [1.82, 2.24) is 5.16 Å². The molecule has 7 heteroatoms. The minimum atomic E-state index is -0.828. The first-order chi connectivity index (χ1) is 12.9. The lowest BCUT2D eigenvalue weighted by atomic mass is 10.1. The van der Waals surface area contributed by atoms with Gasteiger partial charge < -0.3 is 14.6 Å². The number of para-hydroxylation sites is 1. The SMILES string of the molecule is Cc1cccc(C)c1NC(=O)c1noc(C)c1COc1ccc(F)cc1F. The van der Waals surface area contributed by atoms with Crippen molar-refractivity contribution in [3.8, 4) is 5.75 Å². The van der Waals surface area contributed by atoms with Crippen LogP contribution in [0.1, 0.15) is 32.9 Å². The molecule has 0 atom stereocenters. The Balaban J connectivity index is 1.80. The van der Waals surface area contributed by atoms with Gasteiger partial charge in [0, 0.05) is 11.8 Å². The summed E-state index contributed by atoms with van der Waals surface area (Å²) in [6, 6.07) is 8.68. The van der Waals surface area contributed by atoms with Crippen molar-refractivity contribution in [2.24, 2.45) is 0 Å². The van der Waals surface area contributed by atoms with Crippen LogP contribution in [0.3, 0.4) is 0 Å². The molecule has 140 valence electrons. The number of ether oxygens (including phenoxy) is 1. The van der Waals surface area contributed by atoms with Gasteiger partial charge in [-0.15, -0.1) is 0 Å². The lowest BCUT2D eigenvalue weighted by Gasteiger charge is -2.11. The Morgan fingerprint density at radius 3 is 2.52 bits per heavy atom. The topological polar surface area (TPSA) is 64.4 Å². The van der Waals surface area contributed by atoms with E-state index in [1.807, 2.05) is 32.0 Å². The van der Waals surface area contributed by atoms with Gasteiger partial charge in [0.2, 0.25) is 0 Å². The summed E-state index contributed by atoms with van der Waals surface area (Å²) in [6.45, 7) is 5.26. The highest BCUT2D eigenvalue weighted by molar-refractivity contribution is 6.04. The quantitative estimate of drug-likeness (QED) is 0.704. The van der Waals surface area contributed by atoms with Crippen LogP contribution in [0.5, 0.6) is 5.75 Å². The van der Waals surface area contributed by atoms with Gasteiger partial charge in [0.05, 0.1) is 5.56 Å². The second-order valence-electron chi connectivity index (χ2n) is 6.15. The zero-order valence-electron chi connectivity index (χ0n) is 15.1. The maximum Gasteiger partial charge on any atom is 0.278 e. The molecule has 0 aliphatic heterocycles. The van der Waals surface area contributed by atoms with E-state index in [-0.39, 0.29) is 18.1 Å². The molecule has 0 aliphatic carbocycles. The minimum Gasteiger partial charge on any atom is -0.486 e. The number of benzene rings is 2. The van der Waals surface area contributed by atoms with E-state index in [0.29, 0.717) is 17.0 Å². The van der Waals surface area contributed by atoms with Gasteiger partial charge in [-0.25, -0.2) is 8.78 Å². The molecule has 0 saturated heterocycles. The number of anilines is 1. The third-order valence-corrected chi connectivity index (χ3v) is 4.19. The molecule has 1 amide bonds. The molecule has 0 bridgehead atoms. The van der Waals surface area contributed by atoms with Gasteiger partial charge in [-0.3, -0.25) is 4.79 Å². The largest absolute Gasteiger partial charge is 0.486 e. The number of aryl methyl sites for hydroxylation is 3. The van der Waals surface area contributed by atoms with E-state index in [1.54, 1.807) is 6.92 Å². The summed E-state index contributed by atoms with van der Waals surface area (Å²) in [4.78, 5) is 12.7. The number of hydrogen-bond donors (Lipinski definition) is 1. The summed E-state index contributed by atoms with van der Waals surface area (Å²) in [6.07, 6.45) is 0. The Kier molecular flexibility index (Phi) is 5.21. The molecule has 0 aliphatic rings. The van der Waals surface area contributed by atoms with E-state index in [0.717, 1.165) is 23.3 Å². The number of amides is 1. The van der Waals surface area contributed by atoms with Crippen LogP contribution in [0.4, 0.5) is 14.5 Å². The van der Waals surface area contributed by atoms with Crippen LogP contribution in [0.2, 0.25) is 0 Å². The van der Waals surface area contributed by atoms with Crippen LogP contribution in [0.15, 0.2) is 40.9 Å². The molecule has 5 nitrogen and oxygen atoms in total. The van der Waals surface area contributed by atoms with Crippen molar-refractivity contribution in [2.45, 2.75) is 27.4 Å². The summed E-state index contributed by atoms with van der Waals surface area (Å²) in [7, 11) is 0. The Hall–Kier alpha value is -3.22. The average molecular weight is 372 g/mol. The van der Waals surface area contributed by atoms with Gasteiger partial charge in [-0.2, -0.15) is 0 Å². The Morgan fingerprint density at radius 1 is 1.15 bits per heavy atom. The maximum atomic E-state index is 13.7. The van der Waals surface area contributed by atoms with Crippen LogP contribution in [0.25, 0.3) is 0 Å². The molecule has 1 N–H and O–H groups in total. The molecule has 0 unspecified atom stereocenters. The molecule has 0 radical (unpaired) electrons. The molecular weight excluding hydrogens is 354 g/mol. The van der Waals surface area contributed by atoms with Crippen molar-refractivity contribution < 1.29 is 22.8 Å². The fourth-order valence-electron chi connectivity index (χ4n) is 2.67. The Labute approximate surface area is 154 Å². The third kappa shape index (κ3) is 3.97. The molecule has 3 aromatic rings. The van der Waals surface area contributed by atoms with E-state index in [1.165, 1.54) is 6.07 Å². The molecule has 0 fully saturated rings. The highest BCUT2D eigenvalue weighted by Crippen LogP contribution is 2.24. The van der Waals surface area contributed by atoms with Gasteiger partial charge in [-0.1, -0.05) is 23.4 Å². The van der Waals surface area contributed by atoms with E-state index < -0.39 is 17.5 Å². The number of carbonyl (C=O) groups is 1. The molecule has 0 spiro atoms. The van der Waals surface area contributed by atoms with Crippen LogP contribution in [0, 0.1) is 32.4 Å². The van der Waals surface area contributed by atoms with E-state index >= 15 is 0 Å². The zero-order valence-corrected chi connectivity index (χ0v) is 15.1. The molecule has 3 rings (SSSR count). The van der Waals surface area contributed by atoms with Crippen LogP contribution in [-0.2, 0) is 6.61 Å². The predicted molar refractivity (Wildman–Crippen MR) is 95.8 cm³/mol. The predicted octanol–water partition coefficient (Wildman–Crippen LogP) is 4.71. The summed E-state index contributed by atoms with van der Waals surface area (Å²) in [5.41, 5.74) is 2.96. The van der Waals surface area contributed by atoms with E-state index in [2.05, 4.69) is 10.5 Å². The lowest BCUT2D eigenvalue weighted by molar-refractivity contribution is 0.101. The summed E-state index contributed by atoms with van der Waals surface area (Å²) in [5, 5.41) is 6.62. The van der Waals surface area contributed by atoms with Gasteiger partial charge in [0.25, 0.3) is 5.91 Å². The van der Waals surface area contributed by atoms with Crippen molar-refractivity contribution in [3.05, 3.63) is 76.2 Å². The second kappa shape index (κ2) is 7.57. The van der Waals surface area contributed by atoms with Gasteiger partial charge in [-0.05, 0) is 44.0 Å². The Bertz CT molecular complexity index is 979. The third-order valence-electron chi connectivity index (χ3n) is 4.19. The fraction of sp³-hybridized carbons (Fsp3) is 0.200. The molecule has 27 heavy (non-hydrogen) atoms. The summed E-state index contributed by atoms with van der Waals surface area (Å²) in [5.74, 6) is -1.73. The van der Waals surface area contributed by atoms with Crippen LogP contribution < -0.4 is 10.1 Å². The minimum absolute atomic E-state index is 0.0534. The first-order valence-electron chi connectivity index (χ1n) is 8.27. The number of halogens is 2. The number of nitrogens with one attached hydrogen (secondary N) is 1. The van der Waals surface area contributed by atoms with Crippen molar-refractivity contribution in [1.29, 1.82) is 0 Å². The molecule has 2 aromatic carbocycles. The number of nitrogens with zero attached hydrogens (tertiary/aromatic N) is 1. The zero-order chi connectivity index (χ0) is 19.6. The molecule has 0 saturated carbocycles. The van der Waals surface area contributed by atoms with E-state index in [4.69, 9.17) is 9.26 Å². The van der Waals surface area contributed by atoms with Crippen molar-refractivity contribution in [3.63, 3.8) is 0 Å². The number of aromatic nitrogens is 1. The van der Waals surface area contributed by atoms with Gasteiger partial charge in [0.15, 0.2) is 17.3 Å². The summed E-state index contributed by atoms with van der Waals surface area (Å²) >= 11 is 0. The van der Waals surface area contributed by atoms with Crippen LogP contribution in [-0.4, -0.2) is 11.1 Å². The Morgan fingerprint density at radius 2 is 1.85 bits per heavy atom. The van der Waals surface area contributed by atoms with Gasteiger partial charge >= 0.3 is 0 Å². The first-order valence-corrected chi connectivity index (χ1v) is 8.27. The molecular formula is C20H18F2N2O3. The van der Waals surface area contributed by atoms with Gasteiger partial charge in [0.1, 0.15) is 18.2 Å². The number of hydrogen-bond acceptors (Lipinski definition) is 4. The fourth-order valence-corrected chi connectivity index (χ4v) is 2.67. The van der Waals surface area contributed by atoms with Crippen LogP contribution >= 0.6 is 0 Å². The standard InChI is InChI=1S/C20H18F2N2O3/c1-11-5-4-6-12(2)18(11)23-20(25)19-15(13(3)27-24-19)10-26-17-8-7-14(21)9-16(17)22/h4-9H,10H2,1-3H3,(H,23,25). The highest BCUT2D eigenvalue weighted by Gasteiger charge is 2.22. The average Bonchev–Trinajstić information content (AvgIpc) is 2.98. The summed E-state index contributed by atoms with van der Waals surface area (Å²) < 4.78 is 37.2. The molecule has 1 aromatic heterocycles. The van der Waals surface area contributed by atoms with E-state index in [9.17, 15) is 13.6 Å². The lowest BCUT2D eigenvalue weighted by Crippen LogP contribution is -2.17. The van der Waals surface area contributed by atoms with Crippen molar-refractivity contribution >= 4 is 11.6 Å². The highest BCUT2D eigenvalue weighted by atomic mass is 19.1. The monoisotopic (exact) mass is 372 g/mol. The first kappa shape index (κ1) is 18.6. The number of carbonyl (C=O) groups excluding carboxylic acids is 1. The van der Waals surface area contributed by atoms with Crippen molar-refractivity contribution in [2.75, 3.05) is 5.32 Å².